The van der Waals surface area contributed by atoms with Crippen LogP contribution in [0.5, 0.6) is 0 Å². The third-order valence-electron chi connectivity index (χ3n) is 0.403. The molecular weight excluding hydrogens is 139 g/mol. The molecule has 0 spiro atoms. The predicted molar refractivity (Wildman–Crippen MR) is 28.0 cm³/mol. The van der Waals surface area contributed by atoms with Crippen molar-refractivity contribution in [1.29, 1.82) is 0 Å². The fraction of sp³-hybridized carbons (Fsp3) is 0.667. The van der Waals surface area contributed by atoms with E-state index in [9.17, 15) is 4.79 Å². The Balaban J connectivity index is 3.34. The zero-order chi connectivity index (χ0) is 5.86. The highest BCUT2D eigenvalue weighted by atomic mass is 35.5. The van der Waals surface area contributed by atoms with Crippen molar-refractivity contribution in [2.24, 2.45) is 0 Å². The van der Waals surface area contributed by atoms with Crippen molar-refractivity contribution in [3.63, 3.8) is 0 Å². The van der Waals surface area contributed by atoms with Crippen molar-refractivity contribution >= 4 is 29.2 Å². The Morgan fingerprint density at radius 1 is 1.86 bits per heavy atom. The van der Waals surface area contributed by atoms with Gasteiger partial charge in [0.25, 0.3) is 0 Å². The van der Waals surface area contributed by atoms with E-state index in [4.69, 9.17) is 28.3 Å². The molecule has 0 bridgehead atoms. The molecule has 1 N–H and O–H groups in total. The topological polar surface area (TPSA) is 37.3 Å². The van der Waals surface area contributed by atoms with Crippen LogP contribution >= 0.6 is 23.2 Å². The molecular formula is C3H4Cl2O2. The fourth-order valence-electron chi connectivity index (χ4n) is 0.0660. The van der Waals surface area contributed by atoms with E-state index in [2.05, 4.69) is 0 Å². The van der Waals surface area contributed by atoms with E-state index in [1.807, 2.05) is 0 Å². The Hall–Kier alpha value is 0.0500. The van der Waals surface area contributed by atoms with Gasteiger partial charge in [-0.05, 0) is 0 Å². The van der Waals surface area contributed by atoms with E-state index in [0.717, 1.165) is 0 Å². The van der Waals surface area contributed by atoms with Gasteiger partial charge in [-0.3, -0.25) is 4.79 Å². The van der Waals surface area contributed by atoms with Crippen molar-refractivity contribution in [2.75, 3.05) is 5.88 Å². The fourth-order valence-corrected chi connectivity index (χ4v) is 0.198. The lowest BCUT2D eigenvalue weighted by Gasteiger charge is -1.92. The van der Waals surface area contributed by atoms with Crippen LogP contribution in [-0.4, -0.2) is 22.3 Å². The number of halogens is 2. The molecule has 4 heteroatoms. The first-order chi connectivity index (χ1) is 3.18. The van der Waals surface area contributed by atoms with E-state index in [1.54, 1.807) is 0 Å². The summed E-state index contributed by atoms with van der Waals surface area (Å²) < 4.78 is 0. The molecule has 0 rings (SSSR count). The summed E-state index contributed by atoms with van der Waals surface area (Å²) in [6, 6.07) is 0. The van der Waals surface area contributed by atoms with E-state index >= 15 is 0 Å². The molecule has 0 aromatic heterocycles. The first-order valence-electron chi connectivity index (χ1n) is 1.61. The van der Waals surface area contributed by atoms with Gasteiger partial charge in [-0.25, -0.2) is 0 Å². The molecule has 0 aliphatic carbocycles. The monoisotopic (exact) mass is 142 g/mol. The van der Waals surface area contributed by atoms with Crippen LogP contribution in [0, 0.1) is 0 Å². The number of hydrogen-bond donors (Lipinski definition) is 1. The maximum atomic E-state index is 9.71. The number of rotatable bonds is 2. The zero-order valence-electron chi connectivity index (χ0n) is 3.40. The molecule has 0 fully saturated rings. The Kier molecular flexibility index (Phi) is 3.13. The Bertz CT molecular complexity index is 73.3. The first-order valence-corrected chi connectivity index (χ1v) is 2.58. The summed E-state index contributed by atoms with van der Waals surface area (Å²) in [4.78, 5) is 9.71. The normalized spacial score (nSPS) is 13.4. The highest BCUT2D eigenvalue weighted by molar-refractivity contribution is 6.35. The summed E-state index contributed by atoms with van der Waals surface area (Å²) in [6.07, 6.45) is 0. The summed E-state index contributed by atoms with van der Waals surface area (Å²) >= 11 is 10.1. The molecule has 0 radical (unpaired) electrons. The number of hydrogen-bond acceptors (Lipinski definition) is 1. The van der Waals surface area contributed by atoms with Crippen LogP contribution in [-0.2, 0) is 4.79 Å². The van der Waals surface area contributed by atoms with E-state index < -0.39 is 11.3 Å². The van der Waals surface area contributed by atoms with Crippen LogP contribution in [0.2, 0.25) is 0 Å². The van der Waals surface area contributed by atoms with Crippen molar-refractivity contribution in [1.82, 2.24) is 0 Å². The van der Waals surface area contributed by atoms with Gasteiger partial charge in [0.05, 0.1) is 0 Å². The SMILES string of the molecule is O=C(O)[C@@H](Cl)CCl. The highest BCUT2D eigenvalue weighted by Gasteiger charge is 2.09. The zero-order valence-corrected chi connectivity index (χ0v) is 4.91. The minimum absolute atomic E-state index is 0.0448. The number of carboxylic acids is 1. The van der Waals surface area contributed by atoms with Crippen LogP contribution in [0.3, 0.4) is 0 Å². The Morgan fingerprint density at radius 2 is 2.29 bits per heavy atom. The lowest BCUT2D eigenvalue weighted by Crippen LogP contribution is -2.13. The summed E-state index contributed by atoms with van der Waals surface area (Å²) in [5.74, 6) is -1.12. The molecule has 7 heavy (non-hydrogen) atoms. The molecule has 1 atom stereocenters. The summed E-state index contributed by atoms with van der Waals surface area (Å²) in [6.45, 7) is 0. The molecule has 2 nitrogen and oxygen atoms in total. The predicted octanol–water partition coefficient (Wildman–Crippen LogP) is 0.917. The smallest absolute Gasteiger partial charge is 0.322 e. The van der Waals surface area contributed by atoms with Crippen LogP contribution in [0.15, 0.2) is 0 Å². The van der Waals surface area contributed by atoms with E-state index in [-0.39, 0.29) is 5.88 Å². The summed E-state index contributed by atoms with van der Waals surface area (Å²) in [5.41, 5.74) is 0. The van der Waals surface area contributed by atoms with Gasteiger partial charge in [0.15, 0.2) is 0 Å². The van der Waals surface area contributed by atoms with Crippen LogP contribution < -0.4 is 0 Å². The molecule has 42 valence electrons. The van der Waals surface area contributed by atoms with Gasteiger partial charge in [-0.2, -0.15) is 0 Å². The van der Waals surface area contributed by atoms with Gasteiger partial charge in [-0.1, -0.05) is 0 Å². The van der Waals surface area contributed by atoms with E-state index in [0.29, 0.717) is 0 Å². The Labute approximate surface area is 51.0 Å². The second-order valence-corrected chi connectivity index (χ2v) is 1.80. The van der Waals surface area contributed by atoms with Gasteiger partial charge >= 0.3 is 5.97 Å². The second-order valence-electron chi connectivity index (χ2n) is 0.960. The summed E-state index contributed by atoms with van der Waals surface area (Å²) in [7, 11) is 0. The third kappa shape index (κ3) is 2.71. The van der Waals surface area contributed by atoms with E-state index in [1.165, 1.54) is 0 Å². The third-order valence-corrected chi connectivity index (χ3v) is 1.21. The van der Waals surface area contributed by atoms with Crippen LogP contribution in [0.1, 0.15) is 0 Å². The summed E-state index contributed by atoms with van der Waals surface area (Å²) in [5, 5.41) is 7.02. The molecule has 0 aliphatic heterocycles. The van der Waals surface area contributed by atoms with Gasteiger partial charge in [0, 0.05) is 5.88 Å². The first kappa shape index (κ1) is 7.05. The van der Waals surface area contributed by atoms with Crippen LogP contribution in [0.25, 0.3) is 0 Å². The minimum Gasteiger partial charge on any atom is -0.480 e. The molecule has 0 amide bonds. The number of alkyl halides is 2. The lowest BCUT2D eigenvalue weighted by atomic mass is 10.5. The van der Waals surface area contributed by atoms with Gasteiger partial charge in [0.2, 0.25) is 0 Å². The average Bonchev–Trinajstić information content (AvgIpc) is 1.65. The standard InChI is InChI=1S/C3H4Cl2O2/c4-1-2(5)3(6)7/h2H,1H2,(H,6,7)/t2-/m0/s1. The molecule has 0 heterocycles. The number of carboxylic acid groups (broad SMARTS) is 1. The quantitative estimate of drug-likeness (QED) is 0.583. The van der Waals surface area contributed by atoms with Gasteiger partial charge < -0.3 is 5.11 Å². The molecule has 0 aromatic carbocycles. The Morgan fingerprint density at radius 3 is 2.29 bits per heavy atom. The van der Waals surface area contributed by atoms with Crippen molar-refractivity contribution in [2.45, 2.75) is 5.38 Å². The van der Waals surface area contributed by atoms with Crippen molar-refractivity contribution < 1.29 is 9.90 Å². The maximum absolute atomic E-state index is 9.71. The molecule has 0 aromatic rings. The molecule has 0 saturated carbocycles. The highest BCUT2D eigenvalue weighted by Crippen LogP contribution is 1.96. The largest absolute Gasteiger partial charge is 0.480 e. The molecule has 0 aliphatic rings. The van der Waals surface area contributed by atoms with Crippen molar-refractivity contribution in [3.8, 4) is 0 Å². The molecule has 0 unspecified atom stereocenters. The number of carbonyl (C=O) groups is 1. The minimum atomic E-state index is -1.07. The number of aliphatic carboxylic acids is 1. The van der Waals surface area contributed by atoms with Crippen molar-refractivity contribution in [3.05, 3.63) is 0 Å². The maximum Gasteiger partial charge on any atom is 0.322 e. The molecule has 0 saturated heterocycles. The van der Waals surface area contributed by atoms with Gasteiger partial charge in [0.1, 0.15) is 5.38 Å². The average molecular weight is 143 g/mol. The lowest BCUT2D eigenvalue weighted by molar-refractivity contribution is -0.136. The van der Waals surface area contributed by atoms with Gasteiger partial charge in [-0.15, -0.1) is 23.2 Å². The van der Waals surface area contributed by atoms with Crippen LogP contribution in [0.4, 0.5) is 0 Å². The second kappa shape index (κ2) is 3.10.